The van der Waals surface area contributed by atoms with Crippen LogP contribution in [0.3, 0.4) is 0 Å². The van der Waals surface area contributed by atoms with Crippen LogP contribution in [0.1, 0.15) is 25.5 Å². The maximum atomic E-state index is 12.3. The molecule has 2 amide bonds. The van der Waals surface area contributed by atoms with Gasteiger partial charge in [0.15, 0.2) is 0 Å². The summed E-state index contributed by atoms with van der Waals surface area (Å²) in [6.45, 7) is 6.92. The van der Waals surface area contributed by atoms with Gasteiger partial charge in [-0.15, -0.1) is 0 Å². The number of urea groups is 1. The molecule has 2 fully saturated rings. The molecule has 2 atom stereocenters. The van der Waals surface area contributed by atoms with Crippen molar-refractivity contribution in [2.45, 2.75) is 38.5 Å². The smallest absolute Gasteiger partial charge is 0.317 e. The van der Waals surface area contributed by atoms with E-state index in [0.717, 1.165) is 57.9 Å². The Balaban J connectivity index is 1.41. The Labute approximate surface area is 131 Å². The van der Waals surface area contributed by atoms with E-state index in [0.29, 0.717) is 0 Å². The molecule has 1 N–H and O–H groups in total. The fraction of sp³-hybridized carbons (Fsp3) is 0.688. The largest absolute Gasteiger partial charge is 0.468 e. The predicted molar refractivity (Wildman–Crippen MR) is 82.5 cm³/mol. The number of nitrogens with one attached hydrogen (secondary N) is 1. The second-order valence-electron chi connectivity index (χ2n) is 6.13. The number of amides is 2. The number of hydrogen-bond acceptors (Lipinski definition) is 4. The SMILES string of the molecule is CC(NC(=O)N1CCN(Cc2ccco2)CC1)C1CCCO1. The average molecular weight is 307 g/mol. The first kappa shape index (κ1) is 15.4. The van der Waals surface area contributed by atoms with Gasteiger partial charge in [0.25, 0.3) is 0 Å². The molecule has 6 nitrogen and oxygen atoms in total. The Morgan fingerprint density at radius 2 is 2.23 bits per heavy atom. The minimum absolute atomic E-state index is 0.0284. The van der Waals surface area contributed by atoms with Crippen LogP contribution in [0.25, 0.3) is 0 Å². The normalized spacial score (nSPS) is 24.4. The van der Waals surface area contributed by atoms with Crippen molar-refractivity contribution in [3.05, 3.63) is 24.2 Å². The lowest BCUT2D eigenvalue weighted by molar-refractivity contribution is 0.0797. The molecule has 0 saturated carbocycles. The second kappa shape index (κ2) is 7.15. The molecular formula is C16H25N3O3. The third-order valence-corrected chi connectivity index (χ3v) is 4.49. The van der Waals surface area contributed by atoms with E-state index in [1.165, 1.54) is 0 Å². The molecule has 2 unspecified atom stereocenters. The number of hydrogen-bond donors (Lipinski definition) is 1. The van der Waals surface area contributed by atoms with Crippen LogP contribution in [0.4, 0.5) is 4.79 Å². The fourth-order valence-corrected chi connectivity index (χ4v) is 3.11. The van der Waals surface area contributed by atoms with E-state index >= 15 is 0 Å². The molecule has 0 bridgehead atoms. The number of nitrogens with zero attached hydrogens (tertiary/aromatic N) is 2. The highest BCUT2D eigenvalue weighted by atomic mass is 16.5. The molecule has 2 saturated heterocycles. The molecule has 6 heteroatoms. The van der Waals surface area contributed by atoms with Gasteiger partial charge in [0.2, 0.25) is 0 Å². The summed E-state index contributed by atoms with van der Waals surface area (Å²) in [6.07, 6.45) is 4.00. The number of ether oxygens (including phenoxy) is 1. The Bertz CT molecular complexity index is 463. The van der Waals surface area contributed by atoms with Crippen LogP contribution in [0.5, 0.6) is 0 Å². The molecule has 3 rings (SSSR count). The number of rotatable bonds is 4. The first-order valence-corrected chi connectivity index (χ1v) is 8.14. The van der Waals surface area contributed by atoms with Crippen molar-refractivity contribution in [3.63, 3.8) is 0 Å². The van der Waals surface area contributed by atoms with Crippen molar-refractivity contribution >= 4 is 6.03 Å². The summed E-state index contributed by atoms with van der Waals surface area (Å²) in [5.41, 5.74) is 0. The van der Waals surface area contributed by atoms with Crippen LogP contribution in [0.2, 0.25) is 0 Å². The van der Waals surface area contributed by atoms with E-state index in [1.54, 1.807) is 6.26 Å². The van der Waals surface area contributed by atoms with Crippen LogP contribution < -0.4 is 5.32 Å². The van der Waals surface area contributed by atoms with Crippen molar-refractivity contribution in [1.29, 1.82) is 0 Å². The Morgan fingerprint density at radius 3 is 2.86 bits per heavy atom. The van der Waals surface area contributed by atoms with Gasteiger partial charge in [-0.25, -0.2) is 4.79 Å². The molecular weight excluding hydrogens is 282 g/mol. The molecule has 1 aromatic heterocycles. The van der Waals surface area contributed by atoms with Gasteiger partial charge >= 0.3 is 6.03 Å². The Kier molecular flexibility index (Phi) is 5.00. The number of carbonyl (C=O) groups is 1. The summed E-state index contributed by atoms with van der Waals surface area (Å²) in [7, 11) is 0. The third-order valence-electron chi connectivity index (χ3n) is 4.49. The standard InChI is InChI=1S/C16H25N3O3/c1-13(15-5-3-11-22-15)17-16(20)19-8-6-18(7-9-19)12-14-4-2-10-21-14/h2,4,10,13,15H,3,5-9,11-12H2,1H3,(H,17,20). The zero-order valence-corrected chi connectivity index (χ0v) is 13.2. The number of piperazine rings is 1. The highest BCUT2D eigenvalue weighted by molar-refractivity contribution is 5.74. The third kappa shape index (κ3) is 3.81. The molecule has 0 radical (unpaired) electrons. The van der Waals surface area contributed by atoms with E-state index in [4.69, 9.17) is 9.15 Å². The van der Waals surface area contributed by atoms with E-state index in [2.05, 4.69) is 10.2 Å². The molecule has 2 aliphatic heterocycles. The summed E-state index contributed by atoms with van der Waals surface area (Å²) in [5, 5.41) is 3.08. The van der Waals surface area contributed by atoms with Crippen LogP contribution in [-0.4, -0.2) is 60.8 Å². The average Bonchev–Trinajstić information content (AvgIpc) is 3.21. The molecule has 3 heterocycles. The fourth-order valence-electron chi connectivity index (χ4n) is 3.11. The van der Waals surface area contributed by atoms with Crippen molar-refractivity contribution in [3.8, 4) is 0 Å². The van der Waals surface area contributed by atoms with Crippen molar-refractivity contribution in [2.24, 2.45) is 0 Å². The lowest BCUT2D eigenvalue weighted by Gasteiger charge is -2.35. The van der Waals surface area contributed by atoms with Gasteiger partial charge in [0, 0.05) is 32.8 Å². The summed E-state index contributed by atoms with van der Waals surface area (Å²) in [4.78, 5) is 16.5. The monoisotopic (exact) mass is 307 g/mol. The Morgan fingerprint density at radius 1 is 1.41 bits per heavy atom. The maximum absolute atomic E-state index is 12.3. The first-order valence-electron chi connectivity index (χ1n) is 8.14. The van der Waals surface area contributed by atoms with Gasteiger partial charge in [-0.05, 0) is 31.9 Å². The lowest BCUT2D eigenvalue weighted by Crippen LogP contribution is -2.54. The molecule has 122 valence electrons. The molecule has 2 aliphatic rings. The molecule has 22 heavy (non-hydrogen) atoms. The lowest BCUT2D eigenvalue weighted by atomic mass is 10.1. The van der Waals surface area contributed by atoms with Crippen LogP contribution >= 0.6 is 0 Å². The van der Waals surface area contributed by atoms with E-state index in [-0.39, 0.29) is 18.2 Å². The van der Waals surface area contributed by atoms with Gasteiger partial charge in [-0.3, -0.25) is 4.90 Å². The number of furan rings is 1. The van der Waals surface area contributed by atoms with E-state index < -0.39 is 0 Å². The minimum Gasteiger partial charge on any atom is -0.468 e. The van der Waals surface area contributed by atoms with Crippen molar-refractivity contribution in [2.75, 3.05) is 32.8 Å². The minimum atomic E-state index is 0.0284. The van der Waals surface area contributed by atoms with Gasteiger partial charge in [-0.1, -0.05) is 0 Å². The molecule has 1 aromatic rings. The van der Waals surface area contributed by atoms with Crippen LogP contribution in [0, 0.1) is 0 Å². The molecule has 0 aromatic carbocycles. The highest BCUT2D eigenvalue weighted by Gasteiger charge is 2.27. The maximum Gasteiger partial charge on any atom is 0.317 e. The summed E-state index contributed by atoms with van der Waals surface area (Å²) in [6, 6.07) is 4.00. The topological polar surface area (TPSA) is 58.0 Å². The number of carbonyl (C=O) groups excluding carboxylic acids is 1. The molecule has 0 spiro atoms. The summed E-state index contributed by atoms with van der Waals surface area (Å²) >= 11 is 0. The van der Waals surface area contributed by atoms with Gasteiger partial charge in [0.1, 0.15) is 5.76 Å². The second-order valence-corrected chi connectivity index (χ2v) is 6.13. The predicted octanol–water partition coefficient (Wildman–Crippen LogP) is 1.67. The zero-order chi connectivity index (χ0) is 15.4. The molecule has 0 aliphatic carbocycles. The summed E-state index contributed by atoms with van der Waals surface area (Å²) in [5.74, 6) is 0.977. The highest BCUT2D eigenvalue weighted by Crippen LogP contribution is 2.16. The van der Waals surface area contributed by atoms with Gasteiger partial charge in [0.05, 0.1) is 25.0 Å². The van der Waals surface area contributed by atoms with E-state index in [1.807, 2.05) is 24.0 Å². The van der Waals surface area contributed by atoms with Crippen LogP contribution in [-0.2, 0) is 11.3 Å². The van der Waals surface area contributed by atoms with Crippen molar-refractivity contribution < 1.29 is 13.9 Å². The van der Waals surface area contributed by atoms with E-state index in [9.17, 15) is 4.79 Å². The van der Waals surface area contributed by atoms with Crippen LogP contribution in [0.15, 0.2) is 22.8 Å². The van der Waals surface area contributed by atoms with Gasteiger partial charge in [-0.2, -0.15) is 0 Å². The van der Waals surface area contributed by atoms with Gasteiger partial charge < -0.3 is 19.4 Å². The van der Waals surface area contributed by atoms with Crippen molar-refractivity contribution in [1.82, 2.24) is 15.1 Å². The summed E-state index contributed by atoms with van der Waals surface area (Å²) < 4.78 is 11.0. The quantitative estimate of drug-likeness (QED) is 0.919. The zero-order valence-electron chi connectivity index (χ0n) is 13.2. The Hall–Kier alpha value is -1.53. The first-order chi connectivity index (χ1) is 10.7.